The first-order valence-corrected chi connectivity index (χ1v) is 28.8. The van der Waals surface area contributed by atoms with Crippen LogP contribution < -0.4 is 0 Å². The Balaban J connectivity index is 4.77. The summed E-state index contributed by atoms with van der Waals surface area (Å²) in [5.74, 6) is -0.0771. The molecule has 0 radical (unpaired) electrons. The van der Waals surface area contributed by atoms with E-state index in [0.717, 1.165) is 75.6 Å². The van der Waals surface area contributed by atoms with Crippen LogP contribution in [0.4, 0.5) is 0 Å². The molecule has 67 heavy (non-hydrogen) atoms. The summed E-state index contributed by atoms with van der Waals surface area (Å²) in [4.78, 5) is 13.1. The molecule has 0 fully saturated rings. The summed E-state index contributed by atoms with van der Waals surface area (Å²) in [6, 6.07) is 0. The molecule has 0 saturated heterocycles. The van der Waals surface area contributed by atoms with Crippen LogP contribution in [0.3, 0.4) is 0 Å². The average molecular weight is 938 g/mol. The summed E-state index contributed by atoms with van der Waals surface area (Å²) in [7, 11) is 6.68. The molecule has 0 aliphatic rings. The quantitative estimate of drug-likeness (QED) is 0.0264. The van der Waals surface area contributed by atoms with Crippen molar-refractivity contribution < 1.29 is 23.5 Å². The normalized spacial score (nSPS) is 12.9. The van der Waals surface area contributed by atoms with Crippen molar-refractivity contribution >= 4 is 5.97 Å². The first-order chi connectivity index (χ1) is 32.8. The van der Waals surface area contributed by atoms with Crippen molar-refractivity contribution in [1.82, 2.24) is 0 Å². The summed E-state index contributed by atoms with van der Waals surface area (Å²) >= 11 is 0. The molecule has 0 saturated carbocycles. The first-order valence-electron chi connectivity index (χ1n) is 28.8. The monoisotopic (exact) mass is 937 g/mol. The fraction of sp³-hybridized carbons (Fsp3) is 0.790. The molecule has 0 heterocycles. The van der Waals surface area contributed by atoms with Gasteiger partial charge in [-0.1, -0.05) is 203 Å². The van der Waals surface area contributed by atoms with E-state index in [1.165, 1.54) is 173 Å². The molecule has 5 nitrogen and oxygen atoms in total. The molecule has 0 aromatic carbocycles. The van der Waals surface area contributed by atoms with E-state index in [1.54, 1.807) is 0 Å². The SMILES string of the molecule is CCCCC/C=C\C/C=C\CCCCCCCCOCC(COCCCCCCCC/C=C\C/C=C\CCCCC)(COC(=O)CCCCCCC/C=C\C/C=C\CCCCC)C[N+](C)(C)C. The molecule has 0 atom stereocenters. The van der Waals surface area contributed by atoms with E-state index < -0.39 is 0 Å². The molecule has 0 bridgehead atoms. The van der Waals surface area contributed by atoms with Gasteiger partial charge in [-0.05, 0) is 116 Å². The molecule has 0 aromatic rings. The number of carbonyl (C=O) groups is 1. The van der Waals surface area contributed by atoms with Gasteiger partial charge in [0, 0.05) is 19.6 Å². The van der Waals surface area contributed by atoms with Crippen molar-refractivity contribution in [2.45, 2.75) is 252 Å². The Bertz CT molecular complexity index is 1150. The number of quaternary nitrogens is 1. The summed E-state index contributed by atoms with van der Waals surface area (Å²) in [5.41, 5.74) is -0.372. The van der Waals surface area contributed by atoms with E-state index in [-0.39, 0.29) is 11.4 Å². The van der Waals surface area contributed by atoms with Crippen molar-refractivity contribution in [2.75, 3.05) is 60.7 Å². The summed E-state index contributed by atoms with van der Waals surface area (Å²) in [6.45, 7) is 10.6. The van der Waals surface area contributed by atoms with E-state index in [0.29, 0.717) is 26.2 Å². The summed E-state index contributed by atoms with van der Waals surface area (Å²) in [5, 5.41) is 0. The van der Waals surface area contributed by atoms with E-state index in [1.807, 2.05) is 0 Å². The second-order valence-electron chi connectivity index (χ2n) is 20.9. The summed E-state index contributed by atoms with van der Waals surface area (Å²) < 4.78 is 19.8. The Morgan fingerprint density at radius 2 is 0.672 bits per heavy atom. The van der Waals surface area contributed by atoms with Crippen molar-refractivity contribution in [3.8, 4) is 0 Å². The molecule has 0 spiro atoms. The van der Waals surface area contributed by atoms with Gasteiger partial charge in [0.25, 0.3) is 0 Å². The van der Waals surface area contributed by atoms with Crippen LogP contribution in [0.15, 0.2) is 72.9 Å². The van der Waals surface area contributed by atoms with Crippen LogP contribution in [0.25, 0.3) is 0 Å². The fourth-order valence-electron chi connectivity index (χ4n) is 8.62. The predicted octanol–water partition coefficient (Wildman–Crippen LogP) is 18.7. The highest BCUT2D eigenvalue weighted by atomic mass is 16.5. The topological polar surface area (TPSA) is 44.8 Å². The molecule has 0 rings (SSSR count). The lowest BCUT2D eigenvalue weighted by Gasteiger charge is -2.38. The second kappa shape index (κ2) is 51.6. The van der Waals surface area contributed by atoms with Gasteiger partial charge in [0.1, 0.15) is 6.61 Å². The molecule has 0 aromatic heterocycles. The highest BCUT2D eigenvalue weighted by molar-refractivity contribution is 5.69. The van der Waals surface area contributed by atoms with Gasteiger partial charge in [-0.3, -0.25) is 4.79 Å². The van der Waals surface area contributed by atoms with Gasteiger partial charge in [-0.25, -0.2) is 0 Å². The standard InChI is InChI=1S/C62H114NO4/c1-7-10-13-16-19-22-25-28-31-34-37-40-43-46-49-52-55-65-58-62(57-63(4,5)6,59-66-56-53-50-47-44-41-38-35-32-29-26-23-20-17-14-11-8-2)60-67-61(64)54-51-48-45-42-39-36-33-30-27-24-21-18-15-12-9-3/h19-24,28-33H,7-18,25-27,34-60H2,1-6H3/q+1/b22-19-,23-20-,24-21-,31-28-,32-29-,33-30-. The number of carbonyl (C=O) groups excluding carboxylic acids is 1. The smallest absolute Gasteiger partial charge is 0.305 e. The van der Waals surface area contributed by atoms with Crippen LogP contribution in [-0.2, 0) is 19.0 Å². The number of hydrogen-bond donors (Lipinski definition) is 0. The molecule has 0 aliphatic carbocycles. The zero-order valence-electron chi connectivity index (χ0n) is 45.7. The Labute approximate surface area is 418 Å². The lowest BCUT2D eigenvalue weighted by molar-refractivity contribution is -0.877. The van der Waals surface area contributed by atoms with Gasteiger partial charge >= 0.3 is 5.97 Å². The van der Waals surface area contributed by atoms with Crippen LogP contribution in [0, 0.1) is 5.41 Å². The minimum Gasteiger partial charge on any atom is -0.465 e. The van der Waals surface area contributed by atoms with Gasteiger partial charge < -0.3 is 18.7 Å². The number of ether oxygens (including phenoxy) is 3. The van der Waals surface area contributed by atoms with E-state index in [9.17, 15) is 4.79 Å². The predicted molar refractivity (Wildman–Crippen MR) is 296 cm³/mol. The van der Waals surface area contributed by atoms with E-state index >= 15 is 0 Å². The van der Waals surface area contributed by atoms with E-state index in [4.69, 9.17) is 14.2 Å². The maximum Gasteiger partial charge on any atom is 0.305 e. The largest absolute Gasteiger partial charge is 0.465 e. The maximum absolute atomic E-state index is 13.1. The Morgan fingerprint density at radius 3 is 1.00 bits per heavy atom. The maximum atomic E-state index is 13.1. The Kier molecular flexibility index (Phi) is 49.9. The molecular weight excluding hydrogens is 823 g/mol. The average Bonchev–Trinajstić information content (AvgIpc) is 3.30. The Hall–Kier alpha value is -2.21. The van der Waals surface area contributed by atoms with Gasteiger partial charge in [0.2, 0.25) is 0 Å². The van der Waals surface area contributed by atoms with Crippen LogP contribution in [0.5, 0.6) is 0 Å². The van der Waals surface area contributed by atoms with Crippen LogP contribution in [-0.4, -0.2) is 71.2 Å². The highest BCUT2D eigenvalue weighted by Gasteiger charge is 2.39. The van der Waals surface area contributed by atoms with Crippen molar-refractivity contribution in [3.05, 3.63) is 72.9 Å². The third kappa shape index (κ3) is 51.5. The zero-order valence-corrected chi connectivity index (χ0v) is 45.7. The third-order valence-electron chi connectivity index (χ3n) is 12.5. The van der Waals surface area contributed by atoms with Crippen LogP contribution in [0.2, 0.25) is 0 Å². The molecule has 390 valence electrons. The van der Waals surface area contributed by atoms with Crippen LogP contribution >= 0.6 is 0 Å². The molecule has 0 amide bonds. The molecule has 0 aliphatic heterocycles. The lowest BCUT2D eigenvalue weighted by Crippen LogP contribution is -2.52. The first kappa shape index (κ1) is 64.8. The number of rotatable bonds is 52. The third-order valence-corrected chi connectivity index (χ3v) is 12.5. The van der Waals surface area contributed by atoms with Crippen molar-refractivity contribution in [1.29, 1.82) is 0 Å². The number of unbranched alkanes of at least 4 members (excludes halogenated alkanes) is 26. The molecule has 0 N–H and O–H groups in total. The summed E-state index contributed by atoms with van der Waals surface area (Å²) in [6.07, 6.45) is 71.2. The minimum absolute atomic E-state index is 0.0771. The number of hydrogen-bond acceptors (Lipinski definition) is 4. The van der Waals surface area contributed by atoms with Crippen molar-refractivity contribution in [2.24, 2.45) is 5.41 Å². The number of nitrogens with zero attached hydrogens (tertiary/aromatic N) is 1. The van der Waals surface area contributed by atoms with E-state index in [2.05, 4.69) is 115 Å². The zero-order chi connectivity index (χ0) is 48.9. The van der Waals surface area contributed by atoms with Crippen molar-refractivity contribution in [3.63, 3.8) is 0 Å². The highest BCUT2D eigenvalue weighted by Crippen LogP contribution is 2.25. The second-order valence-corrected chi connectivity index (χ2v) is 20.9. The van der Waals surface area contributed by atoms with Gasteiger partial charge in [0.05, 0.1) is 46.3 Å². The molecule has 5 heteroatoms. The fourth-order valence-corrected chi connectivity index (χ4v) is 8.62. The van der Waals surface area contributed by atoms with Gasteiger partial charge in [-0.15, -0.1) is 0 Å². The van der Waals surface area contributed by atoms with Gasteiger partial charge in [-0.2, -0.15) is 0 Å². The lowest BCUT2D eigenvalue weighted by atomic mass is 9.89. The number of esters is 1. The Morgan fingerprint density at radius 1 is 0.373 bits per heavy atom. The van der Waals surface area contributed by atoms with Crippen LogP contribution in [0.1, 0.15) is 252 Å². The molecular formula is C62H114NO4+. The minimum atomic E-state index is -0.372. The van der Waals surface area contributed by atoms with Gasteiger partial charge in [0.15, 0.2) is 0 Å². The number of allylic oxidation sites excluding steroid dienone is 12. The molecule has 0 unspecified atom stereocenters.